The molecule has 0 unspecified atom stereocenters. The third kappa shape index (κ3) is 3.22. The first-order valence-electron chi connectivity index (χ1n) is 4.14. The van der Waals surface area contributed by atoms with Crippen LogP contribution in [0.3, 0.4) is 0 Å². The van der Waals surface area contributed by atoms with Crippen LogP contribution in [0.4, 0.5) is 4.79 Å². The van der Waals surface area contributed by atoms with Gasteiger partial charge in [0, 0.05) is 5.56 Å². The molecule has 1 aromatic rings. The average Bonchev–Trinajstić information content (AvgIpc) is 2.26. The molecule has 74 valence electrons. The Morgan fingerprint density at radius 3 is 2.50 bits per heavy atom. The first-order valence-corrected chi connectivity index (χ1v) is 5.36. The van der Waals surface area contributed by atoms with E-state index in [1.165, 1.54) is 0 Å². The van der Waals surface area contributed by atoms with Crippen molar-refractivity contribution in [3.05, 3.63) is 35.9 Å². The van der Waals surface area contributed by atoms with E-state index in [4.69, 9.17) is 0 Å². The lowest BCUT2D eigenvalue weighted by molar-refractivity contribution is 0.0994. The van der Waals surface area contributed by atoms with Gasteiger partial charge in [0.2, 0.25) is 0 Å². The van der Waals surface area contributed by atoms with Crippen molar-refractivity contribution in [3.63, 3.8) is 0 Å². The Bertz CT molecular complexity index is 324. The van der Waals surface area contributed by atoms with Gasteiger partial charge in [-0.1, -0.05) is 42.1 Å². The molecule has 1 aromatic carbocycles. The van der Waals surface area contributed by atoms with E-state index in [2.05, 4.69) is 5.32 Å². The number of Topliss-reactive ketones (excluding diaryl/α,β-unsaturated/α-hetero) is 1. The fourth-order valence-corrected chi connectivity index (χ4v) is 1.17. The van der Waals surface area contributed by atoms with Crippen LogP contribution in [0.25, 0.3) is 0 Å². The fraction of sp³-hybridized carbons (Fsp3) is 0.200. The molecule has 0 spiro atoms. The number of ketones is 1. The first kappa shape index (κ1) is 10.8. The summed E-state index contributed by atoms with van der Waals surface area (Å²) in [4.78, 5) is 22.3. The van der Waals surface area contributed by atoms with Crippen molar-refractivity contribution in [2.24, 2.45) is 0 Å². The molecule has 0 heterocycles. The number of nitrogens with one attached hydrogen (secondary N) is 1. The molecule has 0 aliphatic carbocycles. The van der Waals surface area contributed by atoms with E-state index in [0.717, 1.165) is 11.8 Å². The van der Waals surface area contributed by atoms with Gasteiger partial charge in [0.25, 0.3) is 5.24 Å². The Labute approximate surface area is 86.9 Å². The molecule has 1 amide bonds. The predicted octanol–water partition coefficient (Wildman–Crippen LogP) is 1.94. The number of hydrogen-bond donors (Lipinski definition) is 1. The van der Waals surface area contributed by atoms with Gasteiger partial charge in [-0.25, -0.2) is 0 Å². The zero-order chi connectivity index (χ0) is 10.4. The van der Waals surface area contributed by atoms with Crippen molar-refractivity contribution < 1.29 is 9.59 Å². The molecule has 3 nitrogen and oxygen atoms in total. The molecule has 0 bridgehead atoms. The highest BCUT2D eigenvalue weighted by Gasteiger charge is 2.05. The molecule has 1 N–H and O–H groups in total. The minimum atomic E-state index is -0.186. The molecule has 0 saturated carbocycles. The van der Waals surface area contributed by atoms with Gasteiger partial charge in [-0.15, -0.1) is 0 Å². The molecule has 1 rings (SSSR count). The van der Waals surface area contributed by atoms with Gasteiger partial charge < -0.3 is 5.32 Å². The third-order valence-electron chi connectivity index (χ3n) is 1.67. The minimum Gasteiger partial charge on any atom is -0.340 e. The summed E-state index contributed by atoms with van der Waals surface area (Å²) >= 11 is 1.06. The van der Waals surface area contributed by atoms with Crippen molar-refractivity contribution >= 4 is 22.8 Å². The normalized spacial score (nSPS) is 9.50. The standard InChI is InChI=1S/C10H11NO2S/c1-14-10(13)11-7-9(12)8-5-3-2-4-6-8/h2-6H,7H2,1H3,(H,11,13). The molecular formula is C10H11NO2S. The number of benzene rings is 1. The maximum Gasteiger partial charge on any atom is 0.279 e. The minimum absolute atomic E-state index is 0.0592. The SMILES string of the molecule is CSC(=O)NCC(=O)c1ccccc1. The quantitative estimate of drug-likeness (QED) is 0.774. The molecule has 0 aliphatic rings. The lowest BCUT2D eigenvalue weighted by Gasteiger charge is -2.01. The zero-order valence-electron chi connectivity index (χ0n) is 7.82. The summed E-state index contributed by atoms with van der Waals surface area (Å²) in [7, 11) is 0. The predicted molar refractivity (Wildman–Crippen MR) is 57.7 cm³/mol. The fourth-order valence-electron chi connectivity index (χ4n) is 0.951. The summed E-state index contributed by atoms with van der Waals surface area (Å²) in [6.45, 7) is 0.0592. The van der Waals surface area contributed by atoms with Gasteiger partial charge in [-0.2, -0.15) is 0 Å². The number of carbonyl (C=O) groups is 2. The van der Waals surface area contributed by atoms with Crippen LogP contribution in [0.2, 0.25) is 0 Å². The van der Waals surface area contributed by atoms with Gasteiger partial charge in [0.15, 0.2) is 5.78 Å². The smallest absolute Gasteiger partial charge is 0.279 e. The van der Waals surface area contributed by atoms with E-state index in [1.54, 1.807) is 30.5 Å². The van der Waals surface area contributed by atoms with E-state index >= 15 is 0 Å². The van der Waals surface area contributed by atoms with Gasteiger partial charge in [0.05, 0.1) is 6.54 Å². The molecule has 0 aromatic heterocycles. The van der Waals surface area contributed by atoms with E-state index in [-0.39, 0.29) is 17.6 Å². The Morgan fingerprint density at radius 2 is 1.93 bits per heavy atom. The Hall–Kier alpha value is -1.29. The highest BCUT2D eigenvalue weighted by Crippen LogP contribution is 1.99. The maximum atomic E-state index is 11.4. The molecule has 0 aliphatic heterocycles. The van der Waals surface area contributed by atoms with Crippen LogP contribution in [0, 0.1) is 0 Å². The summed E-state index contributed by atoms with van der Waals surface area (Å²) in [6, 6.07) is 8.89. The molecule has 14 heavy (non-hydrogen) atoms. The number of amides is 1. The Balaban J connectivity index is 2.48. The van der Waals surface area contributed by atoms with Crippen LogP contribution in [0.5, 0.6) is 0 Å². The van der Waals surface area contributed by atoms with Crippen LogP contribution in [-0.2, 0) is 0 Å². The van der Waals surface area contributed by atoms with Crippen molar-refractivity contribution in [3.8, 4) is 0 Å². The number of rotatable bonds is 3. The number of thioether (sulfide) groups is 1. The lowest BCUT2D eigenvalue weighted by Crippen LogP contribution is -2.26. The van der Waals surface area contributed by atoms with Crippen LogP contribution >= 0.6 is 11.8 Å². The second-order valence-corrected chi connectivity index (χ2v) is 3.41. The zero-order valence-corrected chi connectivity index (χ0v) is 8.64. The first-order chi connectivity index (χ1) is 6.74. The van der Waals surface area contributed by atoms with Gasteiger partial charge >= 0.3 is 0 Å². The van der Waals surface area contributed by atoms with Crippen molar-refractivity contribution in [1.82, 2.24) is 5.32 Å². The van der Waals surface area contributed by atoms with Crippen LogP contribution in [-0.4, -0.2) is 23.8 Å². The molecule has 0 fully saturated rings. The highest BCUT2D eigenvalue weighted by atomic mass is 32.2. The van der Waals surface area contributed by atoms with E-state index in [1.807, 2.05) is 6.07 Å². The second-order valence-electron chi connectivity index (χ2n) is 2.63. The van der Waals surface area contributed by atoms with E-state index in [9.17, 15) is 9.59 Å². The molecule has 0 atom stereocenters. The summed E-state index contributed by atoms with van der Waals surface area (Å²) in [5.74, 6) is -0.0759. The van der Waals surface area contributed by atoms with Gasteiger partial charge in [0.1, 0.15) is 0 Å². The third-order valence-corrected chi connectivity index (χ3v) is 2.19. The summed E-state index contributed by atoms with van der Waals surface area (Å²) in [6.07, 6.45) is 1.67. The molecule has 0 radical (unpaired) electrons. The topological polar surface area (TPSA) is 46.2 Å². The van der Waals surface area contributed by atoms with Gasteiger partial charge in [-0.05, 0) is 6.26 Å². The number of hydrogen-bond acceptors (Lipinski definition) is 3. The molecule has 4 heteroatoms. The summed E-state index contributed by atoms with van der Waals surface area (Å²) < 4.78 is 0. The Kier molecular flexibility index (Phi) is 4.19. The van der Waals surface area contributed by atoms with Crippen LogP contribution in [0.1, 0.15) is 10.4 Å². The maximum absolute atomic E-state index is 11.4. The highest BCUT2D eigenvalue weighted by molar-refractivity contribution is 8.12. The van der Waals surface area contributed by atoms with E-state index < -0.39 is 0 Å². The van der Waals surface area contributed by atoms with E-state index in [0.29, 0.717) is 5.56 Å². The second kappa shape index (κ2) is 5.44. The van der Waals surface area contributed by atoms with Crippen molar-refractivity contribution in [2.45, 2.75) is 0 Å². The summed E-state index contributed by atoms with van der Waals surface area (Å²) in [5, 5.41) is 2.32. The van der Waals surface area contributed by atoms with Crippen LogP contribution < -0.4 is 5.32 Å². The number of carbonyl (C=O) groups excluding carboxylic acids is 2. The molecule has 0 saturated heterocycles. The van der Waals surface area contributed by atoms with Crippen molar-refractivity contribution in [1.29, 1.82) is 0 Å². The molecular weight excluding hydrogens is 198 g/mol. The largest absolute Gasteiger partial charge is 0.340 e. The van der Waals surface area contributed by atoms with Gasteiger partial charge in [-0.3, -0.25) is 9.59 Å². The lowest BCUT2D eigenvalue weighted by atomic mass is 10.1. The summed E-state index contributed by atoms with van der Waals surface area (Å²) in [5.41, 5.74) is 0.619. The van der Waals surface area contributed by atoms with Crippen molar-refractivity contribution in [2.75, 3.05) is 12.8 Å². The Morgan fingerprint density at radius 1 is 1.29 bits per heavy atom. The average molecular weight is 209 g/mol. The monoisotopic (exact) mass is 209 g/mol. The van der Waals surface area contributed by atoms with Crippen LogP contribution in [0.15, 0.2) is 30.3 Å².